The van der Waals surface area contributed by atoms with Gasteiger partial charge in [-0.3, -0.25) is 4.68 Å². The van der Waals surface area contributed by atoms with E-state index in [0.717, 1.165) is 39.7 Å². The first-order valence-corrected chi connectivity index (χ1v) is 13.1. The van der Waals surface area contributed by atoms with Gasteiger partial charge in [-0.05, 0) is 42.8 Å². The van der Waals surface area contributed by atoms with E-state index in [4.69, 9.17) is 22.8 Å². The van der Waals surface area contributed by atoms with Crippen LogP contribution in [0.1, 0.15) is 34.9 Å². The summed E-state index contributed by atoms with van der Waals surface area (Å²) >= 11 is 6.01. The number of aryl methyl sites for hydroxylation is 1. The number of aliphatic hydroxyl groups excluding tert-OH is 3. The van der Waals surface area contributed by atoms with Crippen LogP contribution in [0.15, 0.2) is 42.7 Å². The average molecular weight is 624 g/mol. The topological polar surface area (TPSA) is 118 Å². The lowest BCUT2D eigenvalue weighted by atomic mass is 9.92. The van der Waals surface area contributed by atoms with Gasteiger partial charge in [-0.1, -0.05) is 11.6 Å². The van der Waals surface area contributed by atoms with Crippen LogP contribution in [0.5, 0.6) is 0 Å². The summed E-state index contributed by atoms with van der Waals surface area (Å²) in [7, 11) is 0. The normalized spacial score (nSPS) is 22.5. The third-order valence-electron chi connectivity index (χ3n) is 7.04. The predicted molar refractivity (Wildman–Crippen MR) is 142 cm³/mol. The minimum absolute atomic E-state index is 0.0285. The number of hydrogen-bond donors (Lipinski definition) is 3. The van der Waals surface area contributed by atoms with Gasteiger partial charge in [0, 0.05) is 28.8 Å². The van der Waals surface area contributed by atoms with Crippen molar-refractivity contribution in [3.63, 3.8) is 0 Å². The fraction of sp³-hybridized carbons (Fsp3) is 0.321. The van der Waals surface area contributed by atoms with Crippen LogP contribution in [0.4, 0.5) is 22.0 Å². The molecule has 0 bridgehead atoms. The molecule has 43 heavy (non-hydrogen) atoms. The van der Waals surface area contributed by atoms with Crippen molar-refractivity contribution in [1.82, 2.24) is 24.5 Å². The summed E-state index contributed by atoms with van der Waals surface area (Å²) in [6.45, 7) is 0.663. The van der Waals surface area contributed by atoms with E-state index in [1.807, 2.05) is 0 Å². The van der Waals surface area contributed by atoms with Crippen LogP contribution in [0.25, 0.3) is 16.8 Å². The first-order chi connectivity index (χ1) is 20.3. The quantitative estimate of drug-likeness (QED) is 0.220. The molecule has 9 nitrogen and oxygen atoms in total. The van der Waals surface area contributed by atoms with Crippen LogP contribution in [-0.2, 0) is 17.3 Å². The minimum Gasteiger partial charge on any atom is -0.394 e. The van der Waals surface area contributed by atoms with Crippen LogP contribution < -0.4 is 0 Å². The Balaban J connectivity index is 1.56. The lowest BCUT2D eigenvalue weighted by Gasteiger charge is -2.42. The lowest BCUT2D eigenvalue weighted by molar-refractivity contribution is -0.210. The van der Waals surface area contributed by atoms with Crippen LogP contribution >= 0.6 is 11.6 Å². The van der Waals surface area contributed by atoms with Gasteiger partial charge in [0.1, 0.15) is 47.9 Å². The minimum atomic E-state index is -4.81. The highest BCUT2D eigenvalue weighted by atomic mass is 35.5. The highest BCUT2D eigenvalue weighted by molar-refractivity contribution is 6.30. The third kappa shape index (κ3) is 5.74. The maximum Gasteiger partial charge on any atom is 0.418 e. The van der Waals surface area contributed by atoms with Crippen molar-refractivity contribution in [3.05, 3.63) is 82.2 Å². The molecule has 3 N–H and O–H groups in total. The van der Waals surface area contributed by atoms with E-state index < -0.39 is 66.1 Å². The number of terminal acetylenes is 1. The fourth-order valence-electron chi connectivity index (χ4n) is 5.03. The fourth-order valence-corrected chi connectivity index (χ4v) is 5.20. The molecule has 2 unspecified atom stereocenters. The number of aromatic nitrogens is 5. The molecule has 0 amide bonds. The molecule has 5 rings (SSSR count). The van der Waals surface area contributed by atoms with Crippen molar-refractivity contribution in [2.75, 3.05) is 6.61 Å². The third-order valence-corrected chi connectivity index (χ3v) is 7.27. The van der Waals surface area contributed by atoms with Crippen molar-refractivity contribution in [1.29, 1.82) is 0 Å². The summed E-state index contributed by atoms with van der Waals surface area (Å²) in [5, 5.41) is 40.6. The molecule has 1 aliphatic heterocycles. The molecule has 4 aromatic rings. The van der Waals surface area contributed by atoms with Crippen LogP contribution in [0, 0.1) is 30.9 Å². The summed E-state index contributed by atoms with van der Waals surface area (Å²) in [4.78, 5) is 4.20. The number of rotatable bonds is 6. The first-order valence-electron chi connectivity index (χ1n) is 12.7. The van der Waals surface area contributed by atoms with Crippen molar-refractivity contribution in [2.24, 2.45) is 0 Å². The second-order valence-electron chi connectivity index (χ2n) is 9.85. The first kappa shape index (κ1) is 30.6. The van der Waals surface area contributed by atoms with Gasteiger partial charge in [-0.25, -0.2) is 18.4 Å². The van der Waals surface area contributed by atoms with E-state index in [9.17, 15) is 37.3 Å². The molecular formula is C28H23ClF5N5O4. The SMILES string of the molecule is C#CCc1c(F)cc(-c2cnn(C3[C@@H](O)C(CO)O[C@@H](c4nc(C)nn4-c4cc(Cl)ccc4C(F)(F)F)[C@H]3O)c2)cc1F. The standard InChI is InChI=1S/C28H23ClF5N5O4/c1-3-4-17-19(30)7-14(8-20(17)31)15-10-35-38(11-15)23-24(41)22(12-40)43-26(25(23)42)27-36-13(2)37-39(27)21-9-16(29)5-6-18(21)28(32,33)34/h1,5-11,22-26,40-42H,4,12H2,2H3/t22?,23?,24-,25-,26+/m0/s1. The Hall–Kier alpha value is -3.87. The van der Waals surface area contributed by atoms with Gasteiger partial charge in [0.25, 0.3) is 0 Å². The number of ether oxygens (including phenoxy) is 1. The molecule has 3 heterocycles. The summed E-state index contributed by atoms with van der Waals surface area (Å²) in [6, 6.07) is 3.62. The van der Waals surface area contributed by atoms with Gasteiger partial charge >= 0.3 is 6.18 Å². The summed E-state index contributed by atoms with van der Waals surface area (Å²) in [5.41, 5.74) is -1.57. The Morgan fingerprint density at radius 3 is 2.42 bits per heavy atom. The zero-order valence-corrected chi connectivity index (χ0v) is 22.9. The number of nitrogens with zero attached hydrogens (tertiary/aromatic N) is 5. The number of alkyl halides is 3. The Bertz CT molecular complexity index is 1680. The lowest BCUT2D eigenvalue weighted by Crippen LogP contribution is -2.53. The average Bonchev–Trinajstić information content (AvgIpc) is 3.57. The van der Waals surface area contributed by atoms with E-state index in [1.165, 1.54) is 19.3 Å². The Morgan fingerprint density at radius 2 is 1.79 bits per heavy atom. The van der Waals surface area contributed by atoms with Gasteiger partial charge in [0.2, 0.25) is 0 Å². The van der Waals surface area contributed by atoms with E-state index in [1.54, 1.807) is 0 Å². The molecule has 15 heteroatoms. The Kier molecular flexibility index (Phi) is 8.30. The monoisotopic (exact) mass is 623 g/mol. The summed E-state index contributed by atoms with van der Waals surface area (Å²) in [5.74, 6) is 0.191. The van der Waals surface area contributed by atoms with Gasteiger partial charge in [0.15, 0.2) is 5.82 Å². The van der Waals surface area contributed by atoms with Gasteiger partial charge < -0.3 is 20.1 Å². The second-order valence-corrected chi connectivity index (χ2v) is 10.3. The molecule has 2 aromatic heterocycles. The molecule has 1 fully saturated rings. The van der Waals surface area contributed by atoms with Crippen molar-refractivity contribution >= 4 is 11.6 Å². The van der Waals surface area contributed by atoms with Crippen LogP contribution in [0.3, 0.4) is 0 Å². The number of benzene rings is 2. The van der Waals surface area contributed by atoms with Gasteiger partial charge in [-0.15, -0.1) is 12.3 Å². The summed E-state index contributed by atoms with van der Waals surface area (Å²) in [6.07, 6.45) is -3.53. The number of aliphatic hydroxyl groups is 3. The molecule has 2 aromatic carbocycles. The highest BCUT2D eigenvalue weighted by Crippen LogP contribution is 2.41. The van der Waals surface area contributed by atoms with Crippen LogP contribution in [-0.4, -0.2) is 64.8 Å². The van der Waals surface area contributed by atoms with E-state index >= 15 is 0 Å². The van der Waals surface area contributed by atoms with E-state index in [0.29, 0.717) is 0 Å². The van der Waals surface area contributed by atoms with Crippen molar-refractivity contribution in [2.45, 2.75) is 50.0 Å². The molecule has 1 aliphatic rings. The predicted octanol–water partition coefficient (Wildman–Crippen LogP) is 3.96. The second kappa shape index (κ2) is 11.7. The molecule has 0 saturated carbocycles. The Labute approximate surface area is 246 Å². The molecule has 0 aliphatic carbocycles. The van der Waals surface area contributed by atoms with Crippen molar-refractivity contribution < 1.29 is 42.0 Å². The Morgan fingerprint density at radius 1 is 1.09 bits per heavy atom. The van der Waals surface area contributed by atoms with Crippen molar-refractivity contribution in [3.8, 4) is 29.2 Å². The zero-order valence-electron chi connectivity index (χ0n) is 22.2. The number of halogens is 6. The molecular weight excluding hydrogens is 601 g/mol. The van der Waals surface area contributed by atoms with Gasteiger partial charge in [0.05, 0.1) is 24.1 Å². The molecule has 226 valence electrons. The molecule has 1 saturated heterocycles. The van der Waals surface area contributed by atoms with Crippen LogP contribution in [0.2, 0.25) is 5.02 Å². The summed E-state index contributed by atoms with van der Waals surface area (Å²) < 4.78 is 78.5. The molecule has 0 radical (unpaired) electrons. The maximum atomic E-state index is 14.5. The van der Waals surface area contributed by atoms with Gasteiger partial charge in [-0.2, -0.15) is 23.4 Å². The smallest absolute Gasteiger partial charge is 0.394 e. The number of hydrogen-bond acceptors (Lipinski definition) is 7. The molecule has 0 spiro atoms. The highest BCUT2D eigenvalue weighted by Gasteiger charge is 2.48. The zero-order chi connectivity index (χ0) is 31.2. The molecule has 5 atom stereocenters. The van der Waals surface area contributed by atoms with E-state index in [2.05, 4.69) is 21.1 Å². The maximum absolute atomic E-state index is 14.5. The largest absolute Gasteiger partial charge is 0.418 e. The van der Waals surface area contributed by atoms with E-state index in [-0.39, 0.29) is 39.8 Å².